The number of hydrogen-bond donors (Lipinski definition) is 2. The number of nitrogens with one attached hydrogen (secondary N) is 1. The van der Waals surface area contributed by atoms with E-state index >= 15 is 0 Å². The Bertz CT molecular complexity index is 690. The second-order valence-corrected chi connectivity index (χ2v) is 5.77. The van der Waals surface area contributed by atoms with E-state index < -0.39 is 11.8 Å². The number of para-hydroxylation sites is 1. The van der Waals surface area contributed by atoms with Gasteiger partial charge in [0.1, 0.15) is 17.1 Å². The molecule has 1 aliphatic heterocycles. The Balaban J connectivity index is 1.75. The predicted octanol–water partition coefficient (Wildman–Crippen LogP) is 3.70. The summed E-state index contributed by atoms with van der Waals surface area (Å²) in [4.78, 5) is 4.42. The van der Waals surface area contributed by atoms with Crippen molar-refractivity contribution in [2.45, 2.75) is 31.7 Å². The van der Waals surface area contributed by atoms with Crippen LogP contribution in [-0.2, 0) is 4.74 Å². The Morgan fingerprint density at radius 1 is 1.17 bits per heavy atom. The van der Waals surface area contributed by atoms with Gasteiger partial charge in [-0.3, -0.25) is 4.99 Å². The van der Waals surface area contributed by atoms with E-state index in [4.69, 9.17) is 14.7 Å². The van der Waals surface area contributed by atoms with Crippen LogP contribution in [0.15, 0.2) is 59.6 Å². The van der Waals surface area contributed by atoms with Gasteiger partial charge in [-0.25, -0.2) is 0 Å². The molecule has 0 amide bonds. The summed E-state index contributed by atoms with van der Waals surface area (Å²) in [5.41, 5.74) is 2.47. The van der Waals surface area contributed by atoms with Gasteiger partial charge in [0.2, 0.25) is 0 Å². The summed E-state index contributed by atoms with van der Waals surface area (Å²) in [6.07, 6.45) is 1.33. The summed E-state index contributed by atoms with van der Waals surface area (Å²) in [7, 11) is 0. The topological polar surface area (TPSA) is 63.1 Å². The number of ether oxygens (including phenoxy) is 2. The van der Waals surface area contributed by atoms with Crippen LogP contribution in [0.1, 0.15) is 25.6 Å². The monoisotopic (exact) mass is 312 g/mol. The lowest BCUT2D eigenvalue weighted by atomic mass is 10.0. The fourth-order valence-electron chi connectivity index (χ4n) is 2.37. The molecule has 2 aromatic carbocycles. The van der Waals surface area contributed by atoms with Crippen LogP contribution in [0.3, 0.4) is 0 Å². The highest BCUT2D eigenvalue weighted by Gasteiger charge is 2.38. The van der Waals surface area contributed by atoms with Crippen molar-refractivity contribution < 1.29 is 14.7 Å². The van der Waals surface area contributed by atoms with Crippen LogP contribution in [0, 0.1) is 0 Å². The van der Waals surface area contributed by atoms with Crippen molar-refractivity contribution in [1.29, 1.82) is 0 Å². The second-order valence-electron chi connectivity index (χ2n) is 5.77. The average Bonchev–Trinajstić information content (AvgIpc) is 2.99. The van der Waals surface area contributed by atoms with Crippen LogP contribution in [0.2, 0.25) is 0 Å². The minimum Gasteiger partial charge on any atom is -0.457 e. The van der Waals surface area contributed by atoms with E-state index in [1.165, 1.54) is 0 Å². The molecule has 1 aliphatic rings. The minimum absolute atomic E-state index is 0.264. The van der Waals surface area contributed by atoms with Gasteiger partial charge in [0.15, 0.2) is 6.23 Å². The molecule has 3 atom stereocenters. The molecule has 0 aliphatic carbocycles. The second kappa shape index (κ2) is 6.50. The zero-order chi connectivity index (χ0) is 16.3. The molecule has 1 heterocycles. The van der Waals surface area contributed by atoms with E-state index in [9.17, 15) is 0 Å². The maximum Gasteiger partial charge on any atom is 0.175 e. The summed E-state index contributed by atoms with van der Waals surface area (Å²) >= 11 is 0. The maximum absolute atomic E-state index is 9.11. The van der Waals surface area contributed by atoms with Gasteiger partial charge < -0.3 is 14.7 Å². The molecule has 0 saturated carbocycles. The smallest absolute Gasteiger partial charge is 0.175 e. The Morgan fingerprint density at radius 3 is 2.65 bits per heavy atom. The van der Waals surface area contributed by atoms with Gasteiger partial charge in [-0.1, -0.05) is 30.3 Å². The lowest BCUT2D eigenvalue weighted by Crippen LogP contribution is -2.47. The lowest BCUT2D eigenvalue weighted by Gasteiger charge is -2.28. The van der Waals surface area contributed by atoms with E-state index in [2.05, 4.69) is 10.5 Å². The maximum atomic E-state index is 9.11. The number of hydroxylamine groups is 1. The van der Waals surface area contributed by atoms with E-state index in [0.717, 1.165) is 17.1 Å². The van der Waals surface area contributed by atoms with Gasteiger partial charge in [-0.2, -0.15) is 5.48 Å². The number of rotatable bonds is 5. The first-order chi connectivity index (χ1) is 11.1. The predicted molar refractivity (Wildman–Crippen MR) is 88.1 cm³/mol. The fraction of sp³-hybridized carbons (Fsp3) is 0.278. The molecule has 0 radical (unpaired) electrons. The molecule has 0 bridgehead atoms. The molecule has 0 saturated heterocycles. The van der Waals surface area contributed by atoms with Gasteiger partial charge in [0.05, 0.1) is 6.04 Å². The van der Waals surface area contributed by atoms with Crippen molar-refractivity contribution in [3.8, 4) is 11.5 Å². The highest BCUT2D eigenvalue weighted by molar-refractivity contribution is 5.71. The number of nitrogens with zero attached hydrogens (tertiary/aromatic N) is 1. The molecule has 2 N–H and O–H groups in total. The Morgan fingerprint density at radius 2 is 1.91 bits per heavy atom. The quantitative estimate of drug-likeness (QED) is 0.826. The summed E-state index contributed by atoms with van der Waals surface area (Å²) in [5, 5.41) is 9.11. The lowest BCUT2D eigenvalue weighted by molar-refractivity contribution is -0.0573. The van der Waals surface area contributed by atoms with Crippen LogP contribution in [-0.4, -0.2) is 23.1 Å². The number of aliphatic imine (C=N–C) groups is 1. The van der Waals surface area contributed by atoms with E-state index in [1.807, 2.05) is 68.4 Å². The van der Waals surface area contributed by atoms with Crippen molar-refractivity contribution in [2.24, 2.45) is 4.99 Å². The normalized spacial score (nSPS) is 24.6. The van der Waals surface area contributed by atoms with Crippen LogP contribution in [0.5, 0.6) is 11.5 Å². The summed E-state index contributed by atoms with van der Waals surface area (Å²) in [6, 6.07) is 17.0. The molecule has 0 aromatic heterocycles. The standard InChI is InChI=1S/C18H20N2O3/c1-13(20-21)18(2)12-19-17(23-18)14-7-6-10-16(11-14)22-15-8-4-3-5-9-15/h3-13,17,20-21H,1-2H3. The molecule has 3 unspecified atom stereocenters. The minimum atomic E-state index is -0.657. The van der Waals surface area contributed by atoms with Crippen molar-refractivity contribution in [2.75, 3.05) is 0 Å². The molecule has 2 aromatic rings. The molecular formula is C18H20N2O3. The molecule has 5 heteroatoms. The van der Waals surface area contributed by atoms with Crippen LogP contribution < -0.4 is 10.2 Å². The van der Waals surface area contributed by atoms with Crippen LogP contribution in [0.4, 0.5) is 0 Å². The van der Waals surface area contributed by atoms with Gasteiger partial charge in [0.25, 0.3) is 0 Å². The Hall–Kier alpha value is -2.21. The van der Waals surface area contributed by atoms with Crippen LogP contribution in [0.25, 0.3) is 0 Å². The van der Waals surface area contributed by atoms with Gasteiger partial charge in [-0.15, -0.1) is 0 Å². The van der Waals surface area contributed by atoms with Crippen molar-refractivity contribution in [1.82, 2.24) is 5.48 Å². The van der Waals surface area contributed by atoms with Gasteiger partial charge in [-0.05, 0) is 38.1 Å². The fourth-order valence-corrected chi connectivity index (χ4v) is 2.37. The molecule has 0 fully saturated rings. The highest BCUT2D eigenvalue weighted by atomic mass is 16.5. The third kappa shape index (κ3) is 3.42. The van der Waals surface area contributed by atoms with Gasteiger partial charge in [0, 0.05) is 11.8 Å². The zero-order valence-corrected chi connectivity index (χ0v) is 13.1. The molecular weight excluding hydrogens is 292 g/mol. The molecule has 5 nitrogen and oxygen atoms in total. The van der Waals surface area contributed by atoms with E-state index in [0.29, 0.717) is 0 Å². The third-order valence-corrected chi connectivity index (χ3v) is 4.01. The van der Waals surface area contributed by atoms with Crippen LogP contribution >= 0.6 is 0 Å². The van der Waals surface area contributed by atoms with E-state index in [-0.39, 0.29) is 6.04 Å². The molecule has 3 rings (SSSR count). The first-order valence-electron chi connectivity index (χ1n) is 7.55. The average molecular weight is 312 g/mol. The zero-order valence-electron chi connectivity index (χ0n) is 13.1. The Kier molecular flexibility index (Phi) is 4.43. The first kappa shape index (κ1) is 15.7. The largest absolute Gasteiger partial charge is 0.457 e. The summed E-state index contributed by atoms with van der Waals surface area (Å²) in [5.74, 6) is 1.51. The SMILES string of the molecule is CC(NO)C1(C)C=NC(c2cccc(Oc3ccccc3)c2)O1. The van der Waals surface area contributed by atoms with E-state index in [1.54, 1.807) is 6.21 Å². The first-order valence-corrected chi connectivity index (χ1v) is 7.55. The summed E-state index contributed by atoms with van der Waals surface area (Å²) in [6.45, 7) is 3.72. The van der Waals surface area contributed by atoms with Gasteiger partial charge >= 0.3 is 0 Å². The van der Waals surface area contributed by atoms with Crippen molar-refractivity contribution in [3.63, 3.8) is 0 Å². The molecule has 23 heavy (non-hydrogen) atoms. The molecule has 0 spiro atoms. The Labute approximate surface area is 135 Å². The number of benzene rings is 2. The number of hydrogen-bond acceptors (Lipinski definition) is 5. The van der Waals surface area contributed by atoms with Crippen molar-refractivity contribution in [3.05, 3.63) is 60.2 Å². The van der Waals surface area contributed by atoms with Crippen molar-refractivity contribution >= 4 is 6.21 Å². The summed E-state index contributed by atoms with van der Waals surface area (Å²) < 4.78 is 11.8. The third-order valence-electron chi connectivity index (χ3n) is 4.01. The molecule has 120 valence electrons. The highest BCUT2D eigenvalue weighted by Crippen LogP contribution is 2.34.